The molecule has 0 fully saturated rings. The molecule has 0 aliphatic carbocycles. The summed E-state index contributed by atoms with van der Waals surface area (Å²) in [5.41, 5.74) is 1.10. The van der Waals surface area contributed by atoms with Crippen LogP contribution in [0.2, 0.25) is 4.34 Å². The number of aromatic nitrogens is 1. The maximum Gasteiger partial charge on any atom is 0.117 e. The lowest BCUT2D eigenvalue weighted by atomic mass is 10.2. The molecule has 0 N–H and O–H groups in total. The van der Waals surface area contributed by atoms with Gasteiger partial charge < -0.3 is 0 Å². The molecule has 0 radical (unpaired) electrons. The molecule has 0 spiro atoms. The van der Waals surface area contributed by atoms with Crippen LogP contribution in [-0.2, 0) is 0 Å². The minimum Gasteiger partial charge on any atom is -0.244 e. The highest BCUT2D eigenvalue weighted by molar-refractivity contribution is 7.16. The molecule has 0 saturated carbocycles. The van der Waals surface area contributed by atoms with E-state index in [0.29, 0.717) is 4.34 Å². The maximum atomic E-state index is 5.86. The van der Waals surface area contributed by atoms with E-state index in [4.69, 9.17) is 23.2 Å². The van der Waals surface area contributed by atoms with Gasteiger partial charge in [-0.3, -0.25) is 0 Å². The van der Waals surface area contributed by atoms with Crippen molar-refractivity contribution in [3.8, 4) is 0 Å². The fourth-order valence-corrected chi connectivity index (χ4v) is 1.65. The van der Waals surface area contributed by atoms with Gasteiger partial charge in [-0.2, -0.15) is 0 Å². The lowest BCUT2D eigenvalue weighted by Crippen LogP contribution is -1.91. The molecule has 66 valence electrons. The topological polar surface area (TPSA) is 12.9 Å². The Morgan fingerprint density at radius 1 is 1.75 bits per heavy atom. The van der Waals surface area contributed by atoms with Crippen LogP contribution in [0.4, 0.5) is 0 Å². The maximum absolute atomic E-state index is 5.86. The third-order valence-electron chi connectivity index (χ3n) is 1.47. The molecule has 1 unspecified atom stereocenters. The second-order valence-electron chi connectivity index (χ2n) is 2.51. The molecular weight excluding hydrogens is 213 g/mol. The van der Waals surface area contributed by atoms with E-state index in [1.54, 1.807) is 6.20 Å². The van der Waals surface area contributed by atoms with Crippen LogP contribution in [0, 0.1) is 0 Å². The van der Waals surface area contributed by atoms with Gasteiger partial charge in [0.25, 0.3) is 0 Å². The van der Waals surface area contributed by atoms with Crippen molar-refractivity contribution in [2.24, 2.45) is 0 Å². The molecule has 1 heterocycles. The predicted octanol–water partition coefficient (Wildman–Crippen LogP) is 3.83. The zero-order valence-corrected chi connectivity index (χ0v) is 9.17. The molecule has 12 heavy (non-hydrogen) atoms. The molecule has 1 rings (SSSR count). The lowest BCUT2D eigenvalue weighted by Gasteiger charge is -1.99. The highest BCUT2D eigenvalue weighted by Crippen LogP contribution is 2.21. The third kappa shape index (κ3) is 2.77. The number of allylic oxidation sites excluding steroid dienone is 1. The van der Waals surface area contributed by atoms with Crippen LogP contribution < -0.4 is 0 Å². The molecular formula is C8H9Cl2NS. The second kappa shape index (κ2) is 4.26. The normalized spacial score (nSPS) is 14.8. The molecule has 1 aromatic rings. The molecule has 4 heteroatoms. The van der Waals surface area contributed by atoms with Gasteiger partial charge in [0, 0.05) is 0 Å². The minimum absolute atomic E-state index is 0.0488. The molecule has 0 aliphatic rings. The van der Waals surface area contributed by atoms with Gasteiger partial charge in [-0.25, -0.2) is 4.98 Å². The number of hydrogen-bond donors (Lipinski definition) is 0. The number of halogens is 2. The lowest BCUT2D eigenvalue weighted by molar-refractivity contribution is 1.12. The van der Waals surface area contributed by atoms with E-state index < -0.39 is 0 Å². The van der Waals surface area contributed by atoms with E-state index >= 15 is 0 Å². The van der Waals surface area contributed by atoms with Gasteiger partial charge in [-0.05, 0) is 19.9 Å². The average Bonchev–Trinajstić information content (AvgIpc) is 2.35. The van der Waals surface area contributed by atoms with Crippen LogP contribution >= 0.6 is 34.5 Å². The Hall–Kier alpha value is -0.0500. The number of hydrogen-bond acceptors (Lipinski definition) is 2. The van der Waals surface area contributed by atoms with Gasteiger partial charge in [0.1, 0.15) is 9.34 Å². The van der Waals surface area contributed by atoms with E-state index in [0.717, 1.165) is 10.6 Å². The fraction of sp³-hybridized carbons (Fsp3) is 0.375. The standard InChI is InChI=1S/C8H9Cl2NS/c1-5(6(2)9)3-8-11-4-7(10)12-8/h3-4,6H,1-2H3/b5-3+. The van der Waals surface area contributed by atoms with Crippen molar-refractivity contribution in [2.45, 2.75) is 19.2 Å². The predicted molar refractivity (Wildman–Crippen MR) is 56.1 cm³/mol. The molecule has 0 bridgehead atoms. The Morgan fingerprint density at radius 3 is 2.83 bits per heavy atom. The summed E-state index contributed by atoms with van der Waals surface area (Å²) in [4.78, 5) is 4.09. The van der Waals surface area contributed by atoms with Crippen molar-refractivity contribution in [1.82, 2.24) is 4.98 Å². The largest absolute Gasteiger partial charge is 0.244 e. The van der Waals surface area contributed by atoms with Crippen LogP contribution in [0.5, 0.6) is 0 Å². The van der Waals surface area contributed by atoms with Crippen molar-refractivity contribution < 1.29 is 0 Å². The molecule has 1 nitrogen and oxygen atoms in total. The van der Waals surface area contributed by atoms with E-state index in [1.165, 1.54) is 11.3 Å². The summed E-state index contributed by atoms with van der Waals surface area (Å²) in [5.74, 6) is 0. The number of nitrogens with zero attached hydrogens (tertiary/aromatic N) is 1. The van der Waals surface area contributed by atoms with Crippen LogP contribution in [-0.4, -0.2) is 10.4 Å². The van der Waals surface area contributed by atoms with Crippen LogP contribution in [0.1, 0.15) is 18.9 Å². The van der Waals surface area contributed by atoms with Gasteiger partial charge in [0.05, 0.1) is 11.6 Å². The zero-order chi connectivity index (χ0) is 9.14. The second-order valence-corrected chi connectivity index (χ2v) is 4.86. The fourth-order valence-electron chi connectivity index (χ4n) is 0.643. The van der Waals surface area contributed by atoms with Crippen molar-refractivity contribution in [1.29, 1.82) is 0 Å². The van der Waals surface area contributed by atoms with Crippen molar-refractivity contribution in [3.63, 3.8) is 0 Å². The molecule has 1 aromatic heterocycles. The zero-order valence-electron chi connectivity index (χ0n) is 6.84. The monoisotopic (exact) mass is 221 g/mol. The first-order valence-corrected chi connectivity index (χ1v) is 5.16. The quantitative estimate of drug-likeness (QED) is 0.693. The van der Waals surface area contributed by atoms with E-state index in [9.17, 15) is 0 Å². The van der Waals surface area contributed by atoms with E-state index in [-0.39, 0.29) is 5.38 Å². The highest BCUT2D eigenvalue weighted by atomic mass is 35.5. The Morgan fingerprint density at radius 2 is 2.42 bits per heavy atom. The van der Waals surface area contributed by atoms with E-state index in [2.05, 4.69) is 4.98 Å². The number of alkyl halides is 1. The Bertz CT molecular complexity index is 291. The Balaban J connectivity index is 2.80. The van der Waals surface area contributed by atoms with Crippen molar-refractivity contribution in [2.75, 3.05) is 0 Å². The van der Waals surface area contributed by atoms with Crippen LogP contribution in [0.3, 0.4) is 0 Å². The molecule has 0 aliphatic heterocycles. The summed E-state index contributed by atoms with van der Waals surface area (Å²) < 4.78 is 0.705. The summed E-state index contributed by atoms with van der Waals surface area (Å²) in [6.45, 7) is 3.91. The smallest absolute Gasteiger partial charge is 0.117 e. The first kappa shape index (κ1) is 10.0. The highest BCUT2D eigenvalue weighted by Gasteiger charge is 2.01. The SMILES string of the molecule is C/C(=C\c1ncc(Cl)s1)C(C)Cl. The minimum atomic E-state index is 0.0488. The third-order valence-corrected chi connectivity index (χ3v) is 2.88. The van der Waals surface area contributed by atoms with Crippen LogP contribution in [0.25, 0.3) is 6.08 Å². The average molecular weight is 222 g/mol. The number of thiazole rings is 1. The summed E-state index contributed by atoms with van der Waals surface area (Å²) in [6.07, 6.45) is 3.60. The summed E-state index contributed by atoms with van der Waals surface area (Å²) in [6, 6.07) is 0. The van der Waals surface area contributed by atoms with Crippen molar-refractivity contribution in [3.05, 3.63) is 21.1 Å². The van der Waals surface area contributed by atoms with Gasteiger partial charge >= 0.3 is 0 Å². The van der Waals surface area contributed by atoms with Gasteiger partial charge in [0.2, 0.25) is 0 Å². The first-order chi connectivity index (χ1) is 5.59. The molecule has 1 atom stereocenters. The van der Waals surface area contributed by atoms with Gasteiger partial charge in [0.15, 0.2) is 0 Å². The molecule has 0 aromatic carbocycles. The molecule has 0 saturated heterocycles. The summed E-state index contributed by atoms with van der Waals surface area (Å²) >= 11 is 13.0. The van der Waals surface area contributed by atoms with Gasteiger partial charge in [-0.1, -0.05) is 17.2 Å². The van der Waals surface area contributed by atoms with Crippen molar-refractivity contribution >= 4 is 40.6 Å². The van der Waals surface area contributed by atoms with Crippen LogP contribution in [0.15, 0.2) is 11.8 Å². The molecule has 0 amide bonds. The summed E-state index contributed by atoms with van der Waals surface area (Å²) in [5, 5.41) is 0.956. The van der Waals surface area contributed by atoms with E-state index in [1.807, 2.05) is 19.9 Å². The van der Waals surface area contributed by atoms with Gasteiger partial charge in [-0.15, -0.1) is 22.9 Å². The Labute approximate surface area is 86.0 Å². The number of rotatable bonds is 2. The first-order valence-electron chi connectivity index (χ1n) is 3.53. The summed E-state index contributed by atoms with van der Waals surface area (Å²) in [7, 11) is 0. The Kier molecular flexibility index (Phi) is 3.56.